The van der Waals surface area contributed by atoms with Crippen molar-refractivity contribution < 1.29 is 4.74 Å². The predicted molar refractivity (Wildman–Crippen MR) is 94.7 cm³/mol. The Bertz CT molecular complexity index is 873. The summed E-state index contributed by atoms with van der Waals surface area (Å²) < 4.78 is 7.85. The van der Waals surface area contributed by atoms with E-state index in [1.807, 2.05) is 36.4 Å². The van der Waals surface area contributed by atoms with Gasteiger partial charge in [-0.15, -0.1) is 0 Å². The quantitative estimate of drug-likeness (QED) is 0.690. The second-order valence-corrected chi connectivity index (χ2v) is 5.87. The minimum atomic E-state index is -0.0749. The largest absolute Gasteiger partial charge is 0.374 e. The number of benzene rings is 2. The fraction of sp³-hybridized carbons (Fsp3) is 0.300. The standard InChI is InChI=1S/C20H21N3O/c1-4-19(24-3)20-22-17-11-10-15(13-21)12-18(17)23(20)14(2)16-8-6-5-7-9-16/h5-12,14,19H,4H2,1-3H3/t14-,19?/m0/s1. The Balaban J connectivity index is 2.25. The zero-order chi connectivity index (χ0) is 17.1. The summed E-state index contributed by atoms with van der Waals surface area (Å²) in [7, 11) is 1.71. The summed E-state index contributed by atoms with van der Waals surface area (Å²) in [5, 5.41) is 9.25. The molecule has 0 fully saturated rings. The molecule has 0 spiro atoms. The van der Waals surface area contributed by atoms with E-state index in [1.54, 1.807) is 7.11 Å². The molecule has 0 amide bonds. The van der Waals surface area contributed by atoms with Crippen LogP contribution in [0.3, 0.4) is 0 Å². The van der Waals surface area contributed by atoms with Crippen molar-refractivity contribution in [1.82, 2.24) is 9.55 Å². The second-order valence-electron chi connectivity index (χ2n) is 5.87. The summed E-state index contributed by atoms with van der Waals surface area (Å²) in [5.41, 5.74) is 3.70. The highest BCUT2D eigenvalue weighted by Crippen LogP contribution is 2.31. The van der Waals surface area contributed by atoms with E-state index in [2.05, 4.69) is 36.6 Å². The minimum Gasteiger partial charge on any atom is -0.374 e. The van der Waals surface area contributed by atoms with Gasteiger partial charge in [-0.2, -0.15) is 5.26 Å². The van der Waals surface area contributed by atoms with Crippen LogP contribution in [-0.4, -0.2) is 16.7 Å². The van der Waals surface area contributed by atoms with E-state index in [9.17, 15) is 5.26 Å². The van der Waals surface area contributed by atoms with Gasteiger partial charge in [0.2, 0.25) is 0 Å². The van der Waals surface area contributed by atoms with Crippen LogP contribution in [0, 0.1) is 11.3 Å². The number of aromatic nitrogens is 2. The number of hydrogen-bond acceptors (Lipinski definition) is 3. The lowest BCUT2D eigenvalue weighted by molar-refractivity contribution is 0.0893. The van der Waals surface area contributed by atoms with Gasteiger partial charge in [0.1, 0.15) is 11.9 Å². The summed E-state index contributed by atoms with van der Waals surface area (Å²) in [6.07, 6.45) is 0.765. The number of methoxy groups -OCH3 is 1. The SMILES string of the molecule is CCC(OC)c1nc2ccc(C#N)cc2n1[C@@H](C)c1ccccc1. The molecular formula is C20H21N3O. The first-order valence-electron chi connectivity index (χ1n) is 8.19. The van der Waals surface area contributed by atoms with Crippen LogP contribution in [-0.2, 0) is 4.74 Å². The van der Waals surface area contributed by atoms with Gasteiger partial charge >= 0.3 is 0 Å². The average Bonchev–Trinajstić information content (AvgIpc) is 3.01. The van der Waals surface area contributed by atoms with Gasteiger partial charge in [-0.1, -0.05) is 37.3 Å². The normalized spacial score (nSPS) is 13.6. The molecule has 122 valence electrons. The number of nitrogens with zero attached hydrogens (tertiary/aromatic N) is 3. The van der Waals surface area contributed by atoms with Crippen LogP contribution in [0.15, 0.2) is 48.5 Å². The van der Waals surface area contributed by atoms with Crippen LogP contribution in [0.2, 0.25) is 0 Å². The maximum absolute atomic E-state index is 9.25. The number of hydrogen-bond donors (Lipinski definition) is 0. The molecule has 24 heavy (non-hydrogen) atoms. The van der Waals surface area contributed by atoms with Gasteiger partial charge in [0.05, 0.1) is 28.7 Å². The van der Waals surface area contributed by atoms with Crippen LogP contribution in [0.5, 0.6) is 0 Å². The molecule has 0 aliphatic rings. The molecule has 3 aromatic rings. The van der Waals surface area contributed by atoms with E-state index in [-0.39, 0.29) is 12.1 Å². The monoisotopic (exact) mass is 319 g/mol. The van der Waals surface area contributed by atoms with Gasteiger partial charge in [0, 0.05) is 7.11 Å². The highest BCUT2D eigenvalue weighted by atomic mass is 16.5. The molecule has 0 N–H and O–H groups in total. The van der Waals surface area contributed by atoms with Crippen LogP contribution in [0.25, 0.3) is 11.0 Å². The Hall–Kier alpha value is -2.64. The number of rotatable bonds is 5. The van der Waals surface area contributed by atoms with E-state index in [0.717, 1.165) is 23.3 Å². The summed E-state index contributed by atoms with van der Waals surface area (Å²) >= 11 is 0. The first-order chi connectivity index (χ1) is 11.7. The Labute approximate surface area is 142 Å². The summed E-state index contributed by atoms with van der Waals surface area (Å²) in [6.45, 7) is 4.24. The van der Waals surface area contributed by atoms with E-state index in [0.29, 0.717) is 5.56 Å². The van der Waals surface area contributed by atoms with Gasteiger partial charge in [-0.05, 0) is 37.1 Å². The van der Waals surface area contributed by atoms with Crippen molar-refractivity contribution in [1.29, 1.82) is 5.26 Å². The van der Waals surface area contributed by atoms with Gasteiger partial charge in [-0.25, -0.2) is 4.98 Å². The average molecular weight is 319 g/mol. The number of nitriles is 1. The van der Waals surface area contributed by atoms with Crippen molar-refractivity contribution >= 4 is 11.0 Å². The number of ether oxygens (including phenoxy) is 1. The first-order valence-corrected chi connectivity index (χ1v) is 8.19. The molecule has 2 aromatic carbocycles. The van der Waals surface area contributed by atoms with Gasteiger partial charge in [0.25, 0.3) is 0 Å². The van der Waals surface area contributed by atoms with Crippen molar-refractivity contribution in [2.24, 2.45) is 0 Å². The topological polar surface area (TPSA) is 50.8 Å². The number of imidazole rings is 1. The Morgan fingerprint density at radius 1 is 1.21 bits per heavy atom. The highest BCUT2D eigenvalue weighted by Gasteiger charge is 2.23. The summed E-state index contributed by atoms with van der Waals surface area (Å²) in [6, 6.07) is 18.3. The predicted octanol–water partition coefficient (Wildman–Crippen LogP) is 4.61. The van der Waals surface area contributed by atoms with Crippen LogP contribution >= 0.6 is 0 Å². The first kappa shape index (κ1) is 16.2. The minimum absolute atomic E-state index is 0.0749. The lowest BCUT2D eigenvalue weighted by atomic mass is 10.1. The van der Waals surface area contributed by atoms with E-state index in [1.165, 1.54) is 5.56 Å². The second kappa shape index (κ2) is 6.86. The fourth-order valence-corrected chi connectivity index (χ4v) is 3.15. The smallest absolute Gasteiger partial charge is 0.139 e. The maximum atomic E-state index is 9.25. The molecule has 1 aromatic heterocycles. The molecule has 0 bridgehead atoms. The zero-order valence-electron chi connectivity index (χ0n) is 14.2. The van der Waals surface area contributed by atoms with E-state index in [4.69, 9.17) is 9.72 Å². The summed E-state index contributed by atoms with van der Waals surface area (Å²) in [5.74, 6) is 0.904. The molecule has 2 atom stereocenters. The molecular weight excluding hydrogens is 298 g/mol. The molecule has 0 radical (unpaired) electrons. The van der Waals surface area contributed by atoms with Crippen molar-refractivity contribution in [3.8, 4) is 6.07 Å². The lowest BCUT2D eigenvalue weighted by Crippen LogP contribution is -2.15. The third-order valence-electron chi connectivity index (χ3n) is 4.46. The molecule has 1 unspecified atom stereocenters. The third kappa shape index (κ3) is 2.79. The van der Waals surface area contributed by atoms with Gasteiger partial charge in [-0.3, -0.25) is 0 Å². The van der Waals surface area contributed by atoms with Crippen molar-refractivity contribution in [3.63, 3.8) is 0 Å². The molecule has 3 rings (SSSR count). The van der Waals surface area contributed by atoms with Gasteiger partial charge < -0.3 is 9.30 Å². The molecule has 0 aliphatic heterocycles. The van der Waals surface area contributed by atoms with Crippen LogP contribution in [0.1, 0.15) is 49.4 Å². The van der Waals surface area contributed by atoms with Crippen LogP contribution < -0.4 is 0 Å². The van der Waals surface area contributed by atoms with E-state index < -0.39 is 0 Å². The molecule has 1 heterocycles. The molecule has 0 aliphatic carbocycles. The fourth-order valence-electron chi connectivity index (χ4n) is 3.15. The molecule has 0 saturated carbocycles. The van der Waals surface area contributed by atoms with E-state index >= 15 is 0 Å². The molecule has 4 nitrogen and oxygen atoms in total. The lowest BCUT2D eigenvalue weighted by Gasteiger charge is -2.21. The van der Waals surface area contributed by atoms with Gasteiger partial charge in [0.15, 0.2) is 0 Å². The zero-order valence-corrected chi connectivity index (χ0v) is 14.2. The Morgan fingerprint density at radius 2 is 1.96 bits per heavy atom. The number of fused-ring (bicyclic) bond motifs is 1. The van der Waals surface area contributed by atoms with Crippen molar-refractivity contribution in [3.05, 3.63) is 65.5 Å². The Kier molecular flexibility index (Phi) is 4.64. The van der Waals surface area contributed by atoms with Crippen LogP contribution in [0.4, 0.5) is 0 Å². The molecule has 0 saturated heterocycles. The summed E-state index contributed by atoms with van der Waals surface area (Å²) in [4.78, 5) is 4.81. The molecule has 4 heteroatoms. The van der Waals surface area contributed by atoms with Crippen molar-refractivity contribution in [2.45, 2.75) is 32.4 Å². The van der Waals surface area contributed by atoms with Crippen molar-refractivity contribution in [2.75, 3.05) is 7.11 Å². The highest BCUT2D eigenvalue weighted by molar-refractivity contribution is 5.78. The third-order valence-corrected chi connectivity index (χ3v) is 4.46. The Morgan fingerprint density at radius 3 is 2.58 bits per heavy atom. The maximum Gasteiger partial charge on any atom is 0.139 e.